The molecule has 92 valence electrons. The maximum atomic E-state index is 12.2. The van der Waals surface area contributed by atoms with Gasteiger partial charge in [0.2, 0.25) is 5.91 Å². The number of carbonyl (C=O) groups excluding carboxylic acids is 1. The molecule has 0 aliphatic carbocycles. The number of rotatable bonds is 3. The lowest BCUT2D eigenvalue weighted by Gasteiger charge is -2.24. The molecule has 2 rings (SSSR count). The van der Waals surface area contributed by atoms with E-state index in [1.54, 1.807) is 0 Å². The van der Waals surface area contributed by atoms with E-state index in [1.165, 1.54) is 5.56 Å². The van der Waals surface area contributed by atoms with Crippen molar-refractivity contribution in [2.75, 3.05) is 4.90 Å². The molecule has 0 aromatic heterocycles. The Morgan fingerprint density at radius 3 is 2.94 bits per heavy atom. The first-order valence-electron chi connectivity index (χ1n) is 6.29. The van der Waals surface area contributed by atoms with Crippen LogP contribution in [0, 0.1) is 0 Å². The van der Waals surface area contributed by atoms with E-state index < -0.39 is 0 Å². The van der Waals surface area contributed by atoms with Crippen LogP contribution in [0.2, 0.25) is 0 Å². The fourth-order valence-corrected chi connectivity index (χ4v) is 2.41. The van der Waals surface area contributed by atoms with Gasteiger partial charge in [-0.2, -0.15) is 0 Å². The molecule has 0 fully saturated rings. The van der Waals surface area contributed by atoms with Crippen molar-refractivity contribution in [2.45, 2.75) is 45.2 Å². The van der Waals surface area contributed by atoms with Crippen molar-refractivity contribution in [1.82, 2.24) is 0 Å². The molecular weight excluding hydrogens is 212 g/mol. The van der Waals surface area contributed by atoms with E-state index in [1.807, 2.05) is 30.0 Å². The Morgan fingerprint density at radius 1 is 1.53 bits per heavy atom. The van der Waals surface area contributed by atoms with Crippen LogP contribution in [0.25, 0.3) is 0 Å². The van der Waals surface area contributed by atoms with Crippen molar-refractivity contribution in [3.63, 3.8) is 0 Å². The van der Waals surface area contributed by atoms with Gasteiger partial charge in [0.25, 0.3) is 0 Å². The number of amides is 1. The smallest absolute Gasteiger partial charge is 0.228 e. The summed E-state index contributed by atoms with van der Waals surface area (Å²) in [6.45, 7) is 4.11. The summed E-state index contributed by atoms with van der Waals surface area (Å²) < 4.78 is 0. The van der Waals surface area contributed by atoms with Crippen LogP contribution in [0.4, 0.5) is 5.69 Å². The number of nitrogens with zero attached hydrogens (tertiary/aromatic N) is 1. The van der Waals surface area contributed by atoms with Gasteiger partial charge in [-0.05, 0) is 31.4 Å². The van der Waals surface area contributed by atoms with Crippen LogP contribution in [0.15, 0.2) is 24.3 Å². The molecule has 1 heterocycles. The van der Waals surface area contributed by atoms with Crippen LogP contribution >= 0.6 is 0 Å². The standard InChI is InChI=1S/C14H20N2O/c1-3-12(15)9-14(17)16-10(2)8-11-6-4-5-7-13(11)16/h4-7,10,12H,3,8-9,15H2,1-2H3. The van der Waals surface area contributed by atoms with Crippen molar-refractivity contribution in [3.05, 3.63) is 29.8 Å². The van der Waals surface area contributed by atoms with E-state index in [0.29, 0.717) is 6.42 Å². The summed E-state index contributed by atoms with van der Waals surface area (Å²) in [5.74, 6) is 0.150. The summed E-state index contributed by atoms with van der Waals surface area (Å²) in [5.41, 5.74) is 8.19. The zero-order valence-corrected chi connectivity index (χ0v) is 10.5. The minimum Gasteiger partial charge on any atom is -0.327 e. The minimum atomic E-state index is -0.0255. The number of hydrogen-bond acceptors (Lipinski definition) is 2. The van der Waals surface area contributed by atoms with Crippen molar-refractivity contribution >= 4 is 11.6 Å². The Hall–Kier alpha value is -1.35. The van der Waals surface area contributed by atoms with Gasteiger partial charge in [0.15, 0.2) is 0 Å². The number of carbonyl (C=O) groups is 1. The topological polar surface area (TPSA) is 46.3 Å². The van der Waals surface area contributed by atoms with Gasteiger partial charge in [0, 0.05) is 24.2 Å². The molecule has 0 spiro atoms. The van der Waals surface area contributed by atoms with Crippen molar-refractivity contribution < 1.29 is 4.79 Å². The Balaban J connectivity index is 2.18. The average molecular weight is 232 g/mol. The maximum Gasteiger partial charge on any atom is 0.228 e. The highest BCUT2D eigenvalue weighted by atomic mass is 16.2. The molecule has 2 N–H and O–H groups in total. The number of nitrogens with two attached hydrogens (primary N) is 1. The van der Waals surface area contributed by atoms with Crippen LogP contribution in [-0.2, 0) is 11.2 Å². The summed E-state index contributed by atoms with van der Waals surface area (Å²) in [5, 5.41) is 0. The van der Waals surface area contributed by atoms with Gasteiger partial charge >= 0.3 is 0 Å². The van der Waals surface area contributed by atoms with Gasteiger partial charge in [0.1, 0.15) is 0 Å². The van der Waals surface area contributed by atoms with Crippen LogP contribution in [0.3, 0.4) is 0 Å². The molecule has 17 heavy (non-hydrogen) atoms. The molecule has 1 aliphatic rings. The largest absolute Gasteiger partial charge is 0.327 e. The second-order valence-corrected chi connectivity index (χ2v) is 4.82. The lowest BCUT2D eigenvalue weighted by atomic mass is 10.1. The monoisotopic (exact) mass is 232 g/mol. The first-order chi connectivity index (χ1) is 8.13. The summed E-state index contributed by atoms with van der Waals surface area (Å²) in [6.07, 6.45) is 2.23. The van der Waals surface area contributed by atoms with Crippen LogP contribution in [-0.4, -0.2) is 18.0 Å². The molecule has 1 amide bonds. The molecule has 1 aliphatic heterocycles. The normalized spacial score (nSPS) is 20.2. The summed E-state index contributed by atoms with van der Waals surface area (Å²) in [4.78, 5) is 14.1. The van der Waals surface area contributed by atoms with E-state index in [2.05, 4.69) is 13.0 Å². The van der Waals surface area contributed by atoms with E-state index in [0.717, 1.165) is 18.5 Å². The van der Waals surface area contributed by atoms with Gasteiger partial charge in [-0.1, -0.05) is 25.1 Å². The van der Waals surface area contributed by atoms with E-state index >= 15 is 0 Å². The van der Waals surface area contributed by atoms with Crippen molar-refractivity contribution in [2.24, 2.45) is 5.73 Å². The fraction of sp³-hybridized carbons (Fsp3) is 0.500. The van der Waals surface area contributed by atoms with Crippen molar-refractivity contribution in [3.8, 4) is 0 Å². The second kappa shape index (κ2) is 4.88. The molecule has 3 heteroatoms. The molecule has 0 saturated heterocycles. The van der Waals surface area contributed by atoms with E-state index in [9.17, 15) is 4.79 Å². The highest BCUT2D eigenvalue weighted by Gasteiger charge is 2.30. The summed E-state index contributed by atoms with van der Waals surface area (Å²) >= 11 is 0. The van der Waals surface area contributed by atoms with Gasteiger partial charge in [-0.25, -0.2) is 0 Å². The summed E-state index contributed by atoms with van der Waals surface area (Å²) in [7, 11) is 0. The third-order valence-corrected chi connectivity index (χ3v) is 3.44. The third kappa shape index (κ3) is 2.34. The van der Waals surface area contributed by atoms with Gasteiger partial charge in [0.05, 0.1) is 0 Å². The number of hydrogen-bond donors (Lipinski definition) is 1. The van der Waals surface area contributed by atoms with E-state index in [-0.39, 0.29) is 18.0 Å². The molecule has 2 unspecified atom stereocenters. The third-order valence-electron chi connectivity index (χ3n) is 3.44. The molecule has 0 saturated carbocycles. The first-order valence-corrected chi connectivity index (χ1v) is 6.29. The lowest BCUT2D eigenvalue weighted by Crippen LogP contribution is -2.39. The number of benzene rings is 1. The molecule has 0 bridgehead atoms. The zero-order chi connectivity index (χ0) is 12.4. The maximum absolute atomic E-state index is 12.2. The van der Waals surface area contributed by atoms with Crippen LogP contribution in [0.1, 0.15) is 32.3 Å². The Morgan fingerprint density at radius 2 is 2.24 bits per heavy atom. The molecular formula is C14H20N2O. The predicted octanol–water partition coefficient (Wildman–Crippen LogP) is 2.09. The van der Waals surface area contributed by atoms with E-state index in [4.69, 9.17) is 5.73 Å². The highest BCUT2D eigenvalue weighted by molar-refractivity contribution is 5.96. The Labute approximate surface area is 103 Å². The van der Waals surface area contributed by atoms with Crippen molar-refractivity contribution in [1.29, 1.82) is 0 Å². The first kappa shape index (κ1) is 12.1. The highest BCUT2D eigenvalue weighted by Crippen LogP contribution is 2.32. The Bertz CT molecular complexity index is 416. The quantitative estimate of drug-likeness (QED) is 0.867. The fourth-order valence-electron chi connectivity index (χ4n) is 2.41. The van der Waals surface area contributed by atoms with Gasteiger partial charge < -0.3 is 10.6 Å². The molecule has 0 radical (unpaired) electrons. The zero-order valence-electron chi connectivity index (χ0n) is 10.5. The summed E-state index contributed by atoms with van der Waals surface area (Å²) in [6, 6.07) is 8.35. The molecule has 3 nitrogen and oxygen atoms in total. The minimum absolute atomic E-state index is 0.0255. The number of para-hydroxylation sites is 1. The SMILES string of the molecule is CCC(N)CC(=O)N1c2ccccc2CC1C. The van der Waals surface area contributed by atoms with Crippen LogP contribution in [0.5, 0.6) is 0 Å². The molecule has 1 aromatic rings. The average Bonchev–Trinajstić information content (AvgIpc) is 2.64. The molecule has 2 atom stereocenters. The molecule has 1 aromatic carbocycles. The lowest BCUT2D eigenvalue weighted by molar-refractivity contribution is -0.119. The number of fused-ring (bicyclic) bond motifs is 1. The van der Waals surface area contributed by atoms with Crippen LogP contribution < -0.4 is 10.6 Å². The van der Waals surface area contributed by atoms with Gasteiger partial charge in [-0.3, -0.25) is 4.79 Å². The predicted molar refractivity (Wildman–Crippen MR) is 70.0 cm³/mol. The second-order valence-electron chi connectivity index (χ2n) is 4.82. The number of anilines is 1. The Kier molecular flexibility index (Phi) is 3.48. The van der Waals surface area contributed by atoms with Gasteiger partial charge in [-0.15, -0.1) is 0 Å².